The summed E-state index contributed by atoms with van der Waals surface area (Å²) in [6.07, 6.45) is 0.471. The molecule has 0 fully saturated rings. The average molecular weight is 362 g/mol. The molecule has 1 amide bonds. The molecule has 138 valence electrons. The van der Waals surface area contributed by atoms with Crippen LogP contribution in [0, 0.1) is 5.82 Å². The van der Waals surface area contributed by atoms with E-state index < -0.39 is 0 Å². The van der Waals surface area contributed by atoms with E-state index in [0.29, 0.717) is 18.5 Å². The molecule has 0 aromatic heterocycles. The second kappa shape index (κ2) is 9.64. The minimum atomic E-state index is -0.238. The van der Waals surface area contributed by atoms with E-state index in [-0.39, 0.29) is 24.3 Å². The SMILES string of the molecule is O=C(CNC(c1ccccc1)c1ccccc1)NCCc1ccccc1F. The first-order valence-corrected chi connectivity index (χ1v) is 9.07. The van der Waals surface area contributed by atoms with Crippen LogP contribution in [-0.2, 0) is 11.2 Å². The molecule has 0 aliphatic heterocycles. The van der Waals surface area contributed by atoms with Crippen LogP contribution < -0.4 is 10.6 Å². The number of benzene rings is 3. The summed E-state index contributed by atoms with van der Waals surface area (Å²) >= 11 is 0. The molecular formula is C23H23FN2O. The summed E-state index contributed by atoms with van der Waals surface area (Å²) < 4.78 is 13.6. The molecule has 0 heterocycles. The lowest BCUT2D eigenvalue weighted by Gasteiger charge is -2.19. The van der Waals surface area contributed by atoms with Gasteiger partial charge in [-0.3, -0.25) is 10.1 Å². The van der Waals surface area contributed by atoms with Crippen LogP contribution in [-0.4, -0.2) is 19.0 Å². The average Bonchev–Trinajstić information content (AvgIpc) is 2.71. The molecule has 27 heavy (non-hydrogen) atoms. The van der Waals surface area contributed by atoms with E-state index >= 15 is 0 Å². The number of amides is 1. The largest absolute Gasteiger partial charge is 0.355 e. The van der Waals surface area contributed by atoms with Gasteiger partial charge in [-0.1, -0.05) is 78.9 Å². The van der Waals surface area contributed by atoms with Gasteiger partial charge in [0.25, 0.3) is 0 Å². The molecule has 3 aromatic carbocycles. The van der Waals surface area contributed by atoms with Crippen LogP contribution in [0.2, 0.25) is 0 Å². The van der Waals surface area contributed by atoms with Crippen LogP contribution in [0.25, 0.3) is 0 Å². The maximum atomic E-state index is 13.6. The van der Waals surface area contributed by atoms with Gasteiger partial charge in [-0.15, -0.1) is 0 Å². The van der Waals surface area contributed by atoms with Crippen LogP contribution in [0.5, 0.6) is 0 Å². The first-order valence-electron chi connectivity index (χ1n) is 9.07. The van der Waals surface area contributed by atoms with Crippen LogP contribution >= 0.6 is 0 Å². The van der Waals surface area contributed by atoms with Crippen molar-refractivity contribution in [3.05, 3.63) is 107 Å². The second-order valence-corrected chi connectivity index (χ2v) is 6.33. The van der Waals surface area contributed by atoms with Gasteiger partial charge in [0.05, 0.1) is 12.6 Å². The van der Waals surface area contributed by atoms with E-state index in [9.17, 15) is 9.18 Å². The highest BCUT2D eigenvalue weighted by molar-refractivity contribution is 5.78. The van der Waals surface area contributed by atoms with Gasteiger partial charge in [0.2, 0.25) is 5.91 Å². The highest BCUT2D eigenvalue weighted by Gasteiger charge is 2.14. The monoisotopic (exact) mass is 362 g/mol. The summed E-state index contributed by atoms with van der Waals surface area (Å²) in [4.78, 5) is 12.2. The summed E-state index contributed by atoms with van der Waals surface area (Å²) in [5.41, 5.74) is 2.81. The fraction of sp³-hybridized carbons (Fsp3) is 0.174. The summed E-state index contributed by atoms with van der Waals surface area (Å²) in [6, 6.07) is 26.6. The molecule has 0 radical (unpaired) electrons. The normalized spacial score (nSPS) is 10.7. The molecule has 3 rings (SSSR count). The number of hydrogen-bond acceptors (Lipinski definition) is 2. The van der Waals surface area contributed by atoms with Crippen molar-refractivity contribution in [2.75, 3.05) is 13.1 Å². The quantitative estimate of drug-likeness (QED) is 0.639. The van der Waals surface area contributed by atoms with Gasteiger partial charge in [0.15, 0.2) is 0 Å². The van der Waals surface area contributed by atoms with Gasteiger partial charge in [-0.2, -0.15) is 0 Å². The van der Waals surface area contributed by atoms with E-state index in [4.69, 9.17) is 0 Å². The lowest BCUT2D eigenvalue weighted by Crippen LogP contribution is -2.37. The van der Waals surface area contributed by atoms with Gasteiger partial charge in [-0.25, -0.2) is 4.39 Å². The fourth-order valence-electron chi connectivity index (χ4n) is 3.01. The Balaban J connectivity index is 1.55. The van der Waals surface area contributed by atoms with E-state index in [1.165, 1.54) is 6.07 Å². The molecule has 3 aromatic rings. The third-order valence-electron chi connectivity index (χ3n) is 4.41. The number of rotatable bonds is 8. The standard InChI is InChI=1S/C23H23FN2O/c24-21-14-8-7-9-18(21)15-16-25-22(27)17-26-23(19-10-3-1-4-11-19)20-12-5-2-6-13-20/h1-14,23,26H,15-17H2,(H,25,27). The maximum Gasteiger partial charge on any atom is 0.233 e. The summed E-state index contributed by atoms with van der Waals surface area (Å²) in [6.45, 7) is 0.592. The van der Waals surface area contributed by atoms with Crippen molar-refractivity contribution in [1.82, 2.24) is 10.6 Å². The lowest BCUT2D eigenvalue weighted by atomic mass is 9.99. The fourth-order valence-corrected chi connectivity index (χ4v) is 3.01. The Morgan fingerprint density at radius 3 is 1.96 bits per heavy atom. The van der Waals surface area contributed by atoms with E-state index in [2.05, 4.69) is 10.6 Å². The molecule has 3 nitrogen and oxygen atoms in total. The Labute approximate surface area is 159 Å². The number of hydrogen-bond donors (Lipinski definition) is 2. The third kappa shape index (κ3) is 5.50. The maximum absolute atomic E-state index is 13.6. The smallest absolute Gasteiger partial charge is 0.233 e. The number of halogens is 1. The topological polar surface area (TPSA) is 41.1 Å². The first kappa shape index (κ1) is 18.8. The number of nitrogens with one attached hydrogen (secondary N) is 2. The number of carbonyl (C=O) groups excluding carboxylic acids is 1. The van der Waals surface area contributed by atoms with Crippen molar-refractivity contribution in [3.63, 3.8) is 0 Å². The molecule has 0 unspecified atom stereocenters. The van der Waals surface area contributed by atoms with Gasteiger partial charge in [-0.05, 0) is 29.2 Å². The highest BCUT2D eigenvalue weighted by Crippen LogP contribution is 2.21. The molecule has 0 aliphatic carbocycles. The third-order valence-corrected chi connectivity index (χ3v) is 4.41. The summed E-state index contributed by atoms with van der Waals surface area (Å²) in [7, 11) is 0. The van der Waals surface area contributed by atoms with Crippen molar-refractivity contribution in [2.45, 2.75) is 12.5 Å². The lowest BCUT2D eigenvalue weighted by molar-refractivity contribution is -0.120. The zero-order chi connectivity index (χ0) is 18.9. The Bertz CT molecular complexity index is 813. The Morgan fingerprint density at radius 2 is 1.37 bits per heavy atom. The van der Waals surface area contributed by atoms with Gasteiger partial charge in [0.1, 0.15) is 5.82 Å². The molecule has 0 spiro atoms. The van der Waals surface area contributed by atoms with Crippen molar-refractivity contribution in [3.8, 4) is 0 Å². The van der Waals surface area contributed by atoms with Crippen LogP contribution in [0.3, 0.4) is 0 Å². The number of carbonyl (C=O) groups is 1. The van der Waals surface area contributed by atoms with Crippen molar-refractivity contribution < 1.29 is 9.18 Å². The second-order valence-electron chi connectivity index (χ2n) is 6.33. The van der Waals surface area contributed by atoms with Crippen molar-refractivity contribution in [1.29, 1.82) is 0 Å². The highest BCUT2D eigenvalue weighted by atomic mass is 19.1. The van der Waals surface area contributed by atoms with Crippen LogP contribution in [0.4, 0.5) is 4.39 Å². The zero-order valence-electron chi connectivity index (χ0n) is 15.1. The Kier molecular flexibility index (Phi) is 6.72. The first-order chi connectivity index (χ1) is 13.2. The molecule has 0 aliphatic rings. The van der Waals surface area contributed by atoms with Gasteiger partial charge in [0, 0.05) is 6.54 Å². The molecule has 0 saturated carbocycles. The van der Waals surface area contributed by atoms with Gasteiger partial charge < -0.3 is 5.32 Å². The van der Waals surface area contributed by atoms with Crippen LogP contribution in [0.15, 0.2) is 84.9 Å². The van der Waals surface area contributed by atoms with E-state index in [1.54, 1.807) is 18.2 Å². The molecule has 2 N–H and O–H groups in total. The predicted octanol–water partition coefficient (Wildman–Crippen LogP) is 3.86. The predicted molar refractivity (Wildman–Crippen MR) is 106 cm³/mol. The minimum absolute atomic E-state index is 0.0651. The minimum Gasteiger partial charge on any atom is -0.355 e. The van der Waals surface area contributed by atoms with Crippen molar-refractivity contribution in [2.24, 2.45) is 0 Å². The van der Waals surface area contributed by atoms with Gasteiger partial charge >= 0.3 is 0 Å². The zero-order valence-corrected chi connectivity index (χ0v) is 15.1. The van der Waals surface area contributed by atoms with E-state index in [1.807, 2.05) is 60.7 Å². The Hall–Kier alpha value is -2.98. The molecule has 0 saturated heterocycles. The molecule has 0 bridgehead atoms. The Morgan fingerprint density at radius 1 is 0.815 bits per heavy atom. The summed E-state index contributed by atoms with van der Waals surface area (Å²) in [5, 5.41) is 6.17. The molecule has 4 heteroatoms. The summed E-state index contributed by atoms with van der Waals surface area (Å²) in [5.74, 6) is -0.346. The van der Waals surface area contributed by atoms with Crippen LogP contribution in [0.1, 0.15) is 22.7 Å². The van der Waals surface area contributed by atoms with Crippen molar-refractivity contribution >= 4 is 5.91 Å². The van der Waals surface area contributed by atoms with E-state index in [0.717, 1.165) is 11.1 Å². The molecule has 0 atom stereocenters. The molecular weight excluding hydrogens is 339 g/mol.